The normalized spacial score (nSPS) is 15.3. The first-order valence-corrected chi connectivity index (χ1v) is 10.9. The third kappa shape index (κ3) is 5.12. The lowest BCUT2D eigenvalue weighted by atomic mass is 10.1. The van der Waals surface area contributed by atoms with Crippen LogP contribution in [-0.2, 0) is 11.3 Å². The minimum Gasteiger partial charge on any atom is -0.342 e. The fourth-order valence-electron chi connectivity index (χ4n) is 3.38. The van der Waals surface area contributed by atoms with E-state index in [4.69, 9.17) is 4.98 Å². The molecular weight excluding hydrogens is 358 g/mol. The number of para-hydroxylation sites is 1. The topological polar surface area (TPSA) is 55.2 Å². The number of rotatable bonds is 6. The Bertz CT molecular complexity index is 839. The second kappa shape index (κ2) is 9.40. The summed E-state index contributed by atoms with van der Waals surface area (Å²) in [5, 5.41) is 1.30. The van der Waals surface area contributed by atoms with E-state index in [0.717, 1.165) is 32.4 Å². The van der Waals surface area contributed by atoms with Crippen LogP contribution in [0, 0.1) is 5.92 Å². The molecule has 0 N–H and O–H groups in total. The molecule has 0 radical (unpaired) electrons. The number of hydrogen-bond donors (Lipinski definition) is 0. The summed E-state index contributed by atoms with van der Waals surface area (Å²) in [6.07, 6.45) is 5.50. The third-order valence-electron chi connectivity index (χ3n) is 5.04. The van der Waals surface area contributed by atoms with Crippen molar-refractivity contribution < 1.29 is 4.79 Å². The zero-order chi connectivity index (χ0) is 19.2. The highest BCUT2D eigenvalue weighted by Crippen LogP contribution is 2.20. The number of likely N-dealkylation sites (tertiary alicyclic amines) is 1. The Kier molecular flexibility index (Phi) is 6.94. The number of benzene rings is 1. The zero-order valence-electron chi connectivity index (χ0n) is 16.3. The maximum absolute atomic E-state index is 13.0. The van der Waals surface area contributed by atoms with Crippen molar-refractivity contribution in [3.05, 3.63) is 34.6 Å². The van der Waals surface area contributed by atoms with E-state index in [1.807, 2.05) is 29.2 Å². The van der Waals surface area contributed by atoms with Crippen LogP contribution in [-0.4, -0.2) is 39.2 Å². The van der Waals surface area contributed by atoms with Crippen molar-refractivity contribution in [1.29, 1.82) is 0 Å². The van der Waals surface area contributed by atoms with E-state index in [-0.39, 0.29) is 11.5 Å². The fourth-order valence-corrected chi connectivity index (χ4v) is 4.31. The maximum atomic E-state index is 13.0. The molecule has 2 heterocycles. The smallest absolute Gasteiger partial charge is 0.262 e. The maximum Gasteiger partial charge on any atom is 0.262 e. The van der Waals surface area contributed by atoms with Gasteiger partial charge in [0.1, 0.15) is 0 Å². The molecular formula is C21H29N3O2S. The SMILES string of the molecule is CC(C)CCn1c(SCC(=O)N2CCCCCC2)nc2ccccc2c1=O. The first-order valence-electron chi connectivity index (χ1n) is 9.96. The summed E-state index contributed by atoms with van der Waals surface area (Å²) in [5.41, 5.74) is 0.694. The Morgan fingerprint density at radius 1 is 1.15 bits per heavy atom. The van der Waals surface area contributed by atoms with Crippen molar-refractivity contribution in [3.63, 3.8) is 0 Å². The summed E-state index contributed by atoms with van der Waals surface area (Å²) in [6.45, 7) is 6.63. The van der Waals surface area contributed by atoms with E-state index in [1.54, 1.807) is 4.57 Å². The lowest BCUT2D eigenvalue weighted by Crippen LogP contribution is -2.33. The molecule has 1 aromatic carbocycles. The molecule has 0 saturated carbocycles. The van der Waals surface area contributed by atoms with Crippen molar-refractivity contribution in [2.45, 2.75) is 57.7 Å². The summed E-state index contributed by atoms with van der Waals surface area (Å²) >= 11 is 1.40. The number of aromatic nitrogens is 2. The first-order chi connectivity index (χ1) is 13.1. The van der Waals surface area contributed by atoms with Gasteiger partial charge in [0, 0.05) is 19.6 Å². The van der Waals surface area contributed by atoms with Gasteiger partial charge in [0.2, 0.25) is 5.91 Å². The van der Waals surface area contributed by atoms with Crippen LogP contribution in [0.4, 0.5) is 0 Å². The second-order valence-corrected chi connectivity index (χ2v) is 8.58. The number of carbonyl (C=O) groups excluding carboxylic acids is 1. The van der Waals surface area contributed by atoms with Crippen LogP contribution in [0.5, 0.6) is 0 Å². The number of thioether (sulfide) groups is 1. The van der Waals surface area contributed by atoms with Crippen LogP contribution in [0.1, 0.15) is 46.0 Å². The summed E-state index contributed by atoms with van der Waals surface area (Å²) < 4.78 is 1.75. The van der Waals surface area contributed by atoms with E-state index < -0.39 is 0 Å². The molecule has 3 rings (SSSR count). The molecule has 1 aliphatic rings. The molecule has 0 unspecified atom stereocenters. The molecule has 146 valence electrons. The predicted octanol–water partition coefficient (Wildman–Crippen LogP) is 3.94. The molecule has 0 atom stereocenters. The molecule has 1 aromatic heterocycles. The Labute approximate surface area is 165 Å². The standard InChI is InChI=1S/C21H29N3O2S/c1-16(2)11-14-24-20(26)17-9-5-6-10-18(17)22-21(24)27-15-19(25)23-12-7-3-4-8-13-23/h5-6,9-10,16H,3-4,7-8,11-15H2,1-2H3. The minimum atomic E-state index is -0.00836. The van der Waals surface area contributed by atoms with Gasteiger partial charge in [-0.3, -0.25) is 14.2 Å². The number of nitrogens with zero attached hydrogens (tertiary/aromatic N) is 3. The summed E-state index contributed by atoms with van der Waals surface area (Å²) in [4.78, 5) is 32.3. The van der Waals surface area contributed by atoms with Crippen LogP contribution >= 0.6 is 11.8 Å². The molecule has 0 aliphatic carbocycles. The van der Waals surface area contributed by atoms with Crippen molar-refractivity contribution >= 4 is 28.6 Å². The molecule has 5 nitrogen and oxygen atoms in total. The predicted molar refractivity (Wildman–Crippen MR) is 111 cm³/mol. The van der Waals surface area contributed by atoms with Crippen molar-refractivity contribution in [2.75, 3.05) is 18.8 Å². The molecule has 0 bridgehead atoms. The lowest BCUT2D eigenvalue weighted by molar-refractivity contribution is -0.128. The van der Waals surface area contributed by atoms with Gasteiger partial charge in [-0.2, -0.15) is 0 Å². The number of fused-ring (bicyclic) bond motifs is 1. The Morgan fingerprint density at radius 3 is 2.56 bits per heavy atom. The molecule has 1 aliphatic heterocycles. The zero-order valence-corrected chi connectivity index (χ0v) is 17.1. The Morgan fingerprint density at radius 2 is 1.85 bits per heavy atom. The van der Waals surface area contributed by atoms with Crippen molar-refractivity contribution in [2.24, 2.45) is 5.92 Å². The van der Waals surface area contributed by atoms with Crippen molar-refractivity contribution in [3.8, 4) is 0 Å². The summed E-state index contributed by atoms with van der Waals surface area (Å²) in [7, 11) is 0. The van der Waals surface area contributed by atoms with Gasteiger partial charge in [-0.15, -0.1) is 0 Å². The van der Waals surface area contributed by atoms with Gasteiger partial charge in [-0.05, 0) is 37.3 Å². The highest BCUT2D eigenvalue weighted by Gasteiger charge is 2.18. The van der Waals surface area contributed by atoms with E-state index in [0.29, 0.717) is 34.3 Å². The minimum absolute atomic E-state index is 0.00836. The third-order valence-corrected chi connectivity index (χ3v) is 6.00. The van der Waals surface area contributed by atoms with E-state index in [1.165, 1.54) is 24.6 Å². The van der Waals surface area contributed by atoms with E-state index in [2.05, 4.69) is 13.8 Å². The average molecular weight is 388 g/mol. The van der Waals surface area contributed by atoms with Gasteiger partial charge in [-0.1, -0.05) is 50.6 Å². The van der Waals surface area contributed by atoms with Gasteiger partial charge in [0.05, 0.1) is 16.7 Å². The summed E-state index contributed by atoms with van der Waals surface area (Å²) in [5.74, 6) is 0.992. The molecule has 27 heavy (non-hydrogen) atoms. The number of carbonyl (C=O) groups is 1. The lowest BCUT2D eigenvalue weighted by Gasteiger charge is -2.20. The largest absolute Gasteiger partial charge is 0.342 e. The molecule has 1 fully saturated rings. The molecule has 0 spiro atoms. The van der Waals surface area contributed by atoms with Gasteiger partial charge in [0.25, 0.3) is 5.56 Å². The summed E-state index contributed by atoms with van der Waals surface area (Å²) in [6, 6.07) is 7.45. The van der Waals surface area contributed by atoms with E-state index in [9.17, 15) is 9.59 Å². The van der Waals surface area contributed by atoms with Crippen LogP contribution < -0.4 is 5.56 Å². The van der Waals surface area contributed by atoms with Gasteiger partial charge < -0.3 is 4.90 Å². The van der Waals surface area contributed by atoms with Crippen molar-refractivity contribution in [1.82, 2.24) is 14.5 Å². The molecule has 2 aromatic rings. The van der Waals surface area contributed by atoms with Crippen LogP contribution in [0.2, 0.25) is 0 Å². The second-order valence-electron chi connectivity index (χ2n) is 7.63. The Hall–Kier alpha value is -1.82. The van der Waals surface area contributed by atoms with Crippen LogP contribution in [0.3, 0.4) is 0 Å². The highest BCUT2D eigenvalue weighted by molar-refractivity contribution is 7.99. The quantitative estimate of drug-likeness (QED) is 0.556. The van der Waals surface area contributed by atoms with Gasteiger partial charge in [-0.25, -0.2) is 4.98 Å². The van der Waals surface area contributed by atoms with E-state index >= 15 is 0 Å². The monoisotopic (exact) mass is 387 g/mol. The number of amides is 1. The molecule has 6 heteroatoms. The van der Waals surface area contributed by atoms with Crippen LogP contribution in [0.25, 0.3) is 10.9 Å². The van der Waals surface area contributed by atoms with Gasteiger partial charge in [0.15, 0.2) is 5.16 Å². The van der Waals surface area contributed by atoms with Gasteiger partial charge >= 0.3 is 0 Å². The average Bonchev–Trinajstić information content (AvgIpc) is 2.95. The first kappa shape index (κ1) is 19.9. The number of hydrogen-bond acceptors (Lipinski definition) is 4. The highest BCUT2D eigenvalue weighted by atomic mass is 32.2. The molecule has 1 saturated heterocycles. The fraction of sp³-hybridized carbons (Fsp3) is 0.571. The van der Waals surface area contributed by atoms with Crippen LogP contribution in [0.15, 0.2) is 34.2 Å². The molecule has 1 amide bonds. The Balaban J connectivity index is 1.82.